The fourth-order valence-electron chi connectivity index (χ4n) is 3.02. The first-order chi connectivity index (χ1) is 10.3. The number of aromatic nitrogens is 4. The molecule has 1 N–H and O–H groups in total. The lowest BCUT2D eigenvalue weighted by molar-refractivity contribution is 0.0928. The van der Waals surface area contributed by atoms with E-state index >= 15 is 0 Å². The van der Waals surface area contributed by atoms with Crippen molar-refractivity contribution in [3.63, 3.8) is 0 Å². The van der Waals surface area contributed by atoms with Crippen LogP contribution in [0.3, 0.4) is 0 Å². The van der Waals surface area contributed by atoms with E-state index in [-0.39, 0.29) is 5.91 Å². The van der Waals surface area contributed by atoms with Gasteiger partial charge in [-0.05, 0) is 25.7 Å². The lowest BCUT2D eigenvalue weighted by Crippen LogP contribution is -2.35. The maximum atomic E-state index is 12.4. The Balaban J connectivity index is 1.48. The zero-order chi connectivity index (χ0) is 14.3. The number of hydrogen-bond acceptors (Lipinski definition) is 5. The van der Waals surface area contributed by atoms with E-state index < -0.39 is 5.54 Å². The van der Waals surface area contributed by atoms with Gasteiger partial charge in [-0.3, -0.25) is 9.48 Å². The summed E-state index contributed by atoms with van der Waals surface area (Å²) in [6, 6.07) is 0.443. The van der Waals surface area contributed by atoms with Gasteiger partial charge in [0.15, 0.2) is 5.82 Å². The summed E-state index contributed by atoms with van der Waals surface area (Å²) < 4.78 is 6.70. The monoisotopic (exact) mass is 287 g/mol. The van der Waals surface area contributed by atoms with Crippen LogP contribution in [0.15, 0.2) is 23.3 Å². The normalized spacial score (nSPS) is 20.6. The molecule has 7 heteroatoms. The van der Waals surface area contributed by atoms with E-state index in [1.807, 2.05) is 10.9 Å². The summed E-state index contributed by atoms with van der Waals surface area (Å²) in [5.74, 6) is 0.431. The molecule has 0 bridgehead atoms. The Bertz CT molecular complexity index is 638. The number of rotatable bonds is 4. The van der Waals surface area contributed by atoms with Crippen LogP contribution in [-0.4, -0.2) is 25.8 Å². The molecule has 2 saturated carbocycles. The molecule has 0 spiro atoms. The van der Waals surface area contributed by atoms with Crippen LogP contribution >= 0.6 is 0 Å². The van der Waals surface area contributed by atoms with Crippen LogP contribution in [0.4, 0.5) is 0 Å². The number of amides is 1. The predicted molar refractivity (Wildman–Crippen MR) is 72.4 cm³/mol. The van der Waals surface area contributed by atoms with Gasteiger partial charge in [0.25, 0.3) is 5.91 Å². The molecule has 0 aromatic carbocycles. The fraction of sp³-hybridized carbons (Fsp3) is 0.571. The third-order valence-electron chi connectivity index (χ3n) is 4.45. The lowest BCUT2D eigenvalue weighted by Gasteiger charge is -2.12. The molecular formula is C14H17N5O2. The van der Waals surface area contributed by atoms with Crippen molar-refractivity contribution < 1.29 is 9.32 Å². The highest BCUT2D eigenvalue weighted by molar-refractivity contribution is 5.94. The smallest absolute Gasteiger partial charge is 0.255 e. The number of nitrogens with one attached hydrogen (secondary N) is 1. The summed E-state index contributed by atoms with van der Waals surface area (Å²) in [6.45, 7) is 0. The largest absolute Gasteiger partial charge is 0.343 e. The van der Waals surface area contributed by atoms with E-state index in [2.05, 4.69) is 20.6 Å². The van der Waals surface area contributed by atoms with Gasteiger partial charge in [0.05, 0.1) is 17.8 Å². The third kappa shape index (κ3) is 2.22. The number of nitrogens with zero attached hydrogens (tertiary/aromatic N) is 4. The molecule has 21 heavy (non-hydrogen) atoms. The van der Waals surface area contributed by atoms with Gasteiger partial charge in [-0.2, -0.15) is 10.1 Å². The topological polar surface area (TPSA) is 85.8 Å². The molecule has 2 aliphatic carbocycles. The highest BCUT2D eigenvalue weighted by Crippen LogP contribution is 2.43. The van der Waals surface area contributed by atoms with Crippen molar-refractivity contribution in [3.8, 4) is 0 Å². The average Bonchev–Trinajstić information content (AvgIpc) is 3.05. The van der Waals surface area contributed by atoms with Crippen LogP contribution in [0, 0.1) is 0 Å². The Morgan fingerprint density at radius 3 is 2.86 bits per heavy atom. The first-order valence-corrected chi connectivity index (χ1v) is 7.40. The Morgan fingerprint density at radius 2 is 2.19 bits per heavy atom. The molecule has 0 aliphatic heterocycles. The van der Waals surface area contributed by atoms with Gasteiger partial charge >= 0.3 is 0 Å². The van der Waals surface area contributed by atoms with Crippen molar-refractivity contribution in [2.45, 2.75) is 50.1 Å². The second-order valence-corrected chi connectivity index (χ2v) is 5.94. The molecular weight excluding hydrogens is 270 g/mol. The summed E-state index contributed by atoms with van der Waals surface area (Å²) in [4.78, 5) is 16.4. The average molecular weight is 287 g/mol. The molecule has 2 heterocycles. The molecule has 2 fully saturated rings. The van der Waals surface area contributed by atoms with Gasteiger partial charge in [0, 0.05) is 6.20 Å². The van der Waals surface area contributed by atoms with E-state index in [9.17, 15) is 4.79 Å². The van der Waals surface area contributed by atoms with Gasteiger partial charge in [0.2, 0.25) is 6.39 Å². The predicted octanol–water partition coefficient (Wildman–Crippen LogP) is 1.80. The van der Waals surface area contributed by atoms with Crippen LogP contribution in [0.2, 0.25) is 0 Å². The van der Waals surface area contributed by atoms with Crippen LogP contribution in [0.1, 0.15) is 60.7 Å². The van der Waals surface area contributed by atoms with Crippen LogP contribution in [-0.2, 0) is 5.54 Å². The standard InChI is InChI=1S/C14H17N5O2/c20-12(17-14(5-6-14)13-15-9-21-18-13)10-7-16-19(8-10)11-3-1-2-4-11/h7-9,11H,1-6H2,(H,17,20). The SMILES string of the molecule is O=C(NC1(c2ncon2)CC1)c1cnn(C2CCCC2)c1. The molecule has 7 nitrogen and oxygen atoms in total. The minimum atomic E-state index is -0.445. The van der Waals surface area contributed by atoms with Gasteiger partial charge in [0.1, 0.15) is 5.54 Å². The van der Waals surface area contributed by atoms with Gasteiger partial charge < -0.3 is 9.84 Å². The number of carbonyl (C=O) groups is 1. The van der Waals surface area contributed by atoms with E-state index in [4.69, 9.17) is 4.52 Å². The lowest BCUT2D eigenvalue weighted by atomic mass is 10.2. The molecule has 0 saturated heterocycles. The maximum absolute atomic E-state index is 12.4. The zero-order valence-corrected chi connectivity index (χ0v) is 11.7. The van der Waals surface area contributed by atoms with E-state index in [0.717, 1.165) is 25.7 Å². The van der Waals surface area contributed by atoms with Crippen LogP contribution in [0.25, 0.3) is 0 Å². The zero-order valence-electron chi connectivity index (χ0n) is 11.7. The van der Waals surface area contributed by atoms with Crippen molar-refractivity contribution in [3.05, 3.63) is 30.2 Å². The maximum Gasteiger partial charge on any atom is 0.255 e. The Morgan fingerprint density at radius 1 is 1.38 bits per heavy atom. The molecule has 0 atom stereocenters. The van der Waals surface area contributed by atoms with E-state index in [1.165, 1.54) is 19.2 Å². The summed E-state index contributed by atoms with van der Waals surface area (Å²) in [6.07, 6.45) is 11.2. The molecule has 0 unspecified atom stereocenters. The minimum Gasteiger partial charge on any atom is -0.343 e. The minimum absolute atomic E-state index is 0.124. The second-order valence-electron chi connectivity index (χ2n) is 5.94. The van der Waals surface area contributed by atoms with Crippen LogP contribution in [0.5, 0.6) is 0 Å². The van der Waals surface area contributed by atoms with Crippen molar-refractivity contribution in [2.75, 3.05) is 0 Å². The number of hydrogen-bond donors (Lipinski definition) is 1. The first kappa shape index (κ1) is 12.6. The Hall–Kier alpha value is -2.18. The highest BCUT2D eigenvalue weighted by atomic mass is 16.5. The molecule has 2 aromatic heterocycles. The summed E-state index contributed by atoms with van der Waals surface area (Å²) in [7, 11) is 0. The molecule has 0 radical (unpaired) electrons. The fourth-order valence-corrected chi connectivity index (χ4v) is 3.02. The number of carbonyl (C=O) groups excluding carboxylic acids is 1. The van der Waals surface area contributed by atoms with Crippen molar-refractivity contribution in [1.29, 1.82) is 0 Å². The molecule has 1 amide bonds. The summed E-state index contributed by atoms with van der Waals surface area (Å²) in [5.41, 5.74) is 0.149. The molecule has 4 rings (SSSR count). The van der Waals surface area contributed by atoms with Crippen LogP contribution < -0.4 is 5.32 Å². The molecule has 110 valence electrons. The summed E-state index contributed by atoms with van der Waals surface area (Å²) in [5, 5.41) is 11.2. The molecule has 2 aliphatic rings. The molecule has 2 aromatic rings. The third-order valence-corrected chi connectivity index (χ3v) is 4.45. The second kappa shape index (κ2) is 4.68. The highest BCUT2D eigenvalue weighted by Gasteiger charge is 2.49. The van der Waals surface area contributed by atoms with Crippen molar-refractivity contribution in [2.24, 2.45) is 0 Å². The van der Waals surface area contributed by atoms with Gasteiger partial charge in [-0.25, -0.2) is 0 Å². The van der Waals surface area contributed by atoms with E-state index in [0.29, 0.717) is 17.4 Å². The Kier molecular flexibility index (Phi) is 2.80. The van der Waals surface area contributed by atoms with Crippen molar-refractivity contribution in [1.82, 2.24) is 25.2 Å². The van der Waals surface area contributed by atoms with E-state index in [1.54, 1.807) is 6.20 Å². The quantitative estimate of drug-likeness (QED) is 0.926. The van der Waals surface area contributed by atoms with Gasteiger partial charge in [-0.15, -0.1) is 0 Å². The first-order valence-electron chi connectivity index (χ1n) is 7.40. The van der Waals surface area contributed by atoms with Crippen molar-refractivity contribution >= 4 is 5.91 Å². The Labute approximate surface area is 121 Å². The summed E-state index contributed by atoms with van der Waals surface area (Å²) >= 11 is 0. The van der Waals surface area contributed by atoms with Gasteiger partial charge in [-0.1, -0.05) is 18.0 Å².